The van der Waals surface area contributed by atoms with E-state index in [1.807, 2.05) is 0 Å². The van der Waals surface area contributed by atoms with Gasteiger partial charge in [0.1, 0.15) is 10.8 Å². The molecule has 0 aliphatic carbocycles. The Labute approximate surface area is 83.4 Å². The number of halogens is 2. The van der Waals surface area contributed by atoms with Crippen LogP contribution in [0, 0.1) is 15.9 Å². The molecule has 0 radical (unpaired) electrons. The van der Waals surface area contributed by atoms with Gasteiger partial charge < -0.3 is 0 Å². The zero-order valence-electron chi connectivity index (χ0n) is 7.08. The SMILES string of the molecule is CC(=O)c1cc(Cl)c([N+](=O)[O-])cc1F. The van der Waals surface area contributed by atoms with Crippen molar-refractivity contribution in [1.29, 1.82) is 0 Å². The van der Waals surface area contributed by atoms with Crippen LogP contribution in [0.4, 0.5) is 10.1 Å². The molecule has 0 atom stereocenters. The summed E-state index contributed by atoms with van der Waals surface area (Å²) in [5.41, 5.74) is -0.797. The van der Waals surface area contributed by atoms with Gasteiger partial charge in [-0.1, -0.05) is 11.6 Å². The second kappa shape index (κ2) is 3.71. The number of hydrogen-bond acceptors (Lipinski definition) is 3. The normalized spacial score (nSPS) is 9.93. The summed E-state index contributed by atoms with van der Waals surface area (Å²) in [5, 5.41) is 10.1. The van der Waals surface area contributed by atoms with Crippen LogP contribution >= 0.6 is 11.6 Å². The number of ketones is 1. The molecule has 0 aliphatic rings. The lowest BCUT2D eigenvalue weighted by atomic mass is 10.1. The fourth-order valence-electron chi connectivity index (χ4n) is 0.946. The summed E-state index contributed by atoms with van der Waals surface area (Å²) >= 11 is 5.48. The summed E-state index contributed by atoms with van der Waals surface area (Å²) < 4.78 is 13.1. The molecule has 4 nitrogen and oxygen atoms in total. The maximum absolute atomic E-state index is 13.1. The molecule has 1 aromatic carbocycles. The van der Waals surface area contributed by atoms with Crippen LogP contribution in [0.25, 0.3) is 0 Å². The lowest BCUT2D eigenvalue weighted by molar-refractivity contribution is -0.384. The third-order valence-corrected chi connectivity index (χ3v) is 1.92. The maximum atomic E-state index is 13.1. The van der Waals surface area contributed by atoms with Gasteiger partial charge in [0, 0.05) is 0 Å². The maximum Gasteiger partial charge on any atom is 0.290 e. The summed E-state index contributed by atoms with van der Waals surface area (Å²) in [5.74, 6) is -1.46. The predicted molar refractivity (Wildman–Crippen MR) is 48.1 cm³/mol. The number of rotatable bonds is 2. The van der Waals surface area contributed by atoms with Crippen molar-refractivity contribution < 1.29 is 14.1 Å². The smallest absolute Gasteiger partial charge is 0.290 e. The number of Topliss-reactive ketones (excluding diaryl/α,β-unsaturated/α-hetero) is 1. The van der Waals surface area contributed by atoms with Crippen LogP contribution in [0.3, 0.4) is 0 Å². The van der Waals surface area contributed by atoms with Crippen molar-refractivity contribution in [1.82, 2.24) is 0 Å². The van der Waals surface area contributed by atoms with Crippen LogP contribution in [0.5, 0.6) is 0 Å². The van der Waals surface area contributed by atoms with Crippen LogP contribution in [0.15, 0.2) is 12.1 Å². The third-order valence-electron chi connectivity index (χ3n) is 1.61. The minimum atomic E-state index is -0.936. The highest BCUT2D eigenvalue weighted by Gasteiger charge is 2.18. The zero-order valence-corrected chi connectivity index (χ0v) is 7.84. The van der Waals surface area contributed by atoms with E-state index in [2.05, 4.69) is 0 Å². The highest BCUT2D eigenvalue weighted by Crippen LogP contribution is 2.27. The molecule has 0 bridgehead atoms. The fourth-order valence-corrected chi connectivity index (χ4v) is 1.18. The Morgan fingerprint density at radius 3 is 2.57 bits per heavy atom. The minimum Gasteiger partial charge on any atom is -0.294 e. The lowest BCUT2D eigenvalue weighted by Gasteiger charge is -2.00. The van der Waals surface area contributed by atoms with Crippen molar-refractivity contribution >= 4 is 23.1 Å². The molecule has 0 amide bonds. The topological polar surface area (TPSA) is 60.2 Å². The molecule has 0 aromatic heterocycles. The Morgan fingerprint density at radius 2 is 2.14 bits per heavy atom. The van der Waals surface area contributed by atoms with Gasteiger partial charge in [-0.25, -0.2) is 4.39 Å². The minimum absolute atomic E-state index is 0.249. The number of nitrogens with zero attached hydrogens (tertiary/aromatic N) is 1. The first kappa shape index (κ1) is 10.6. The van der Waals surface area contributed by atoms with Gasteiger partial charge in [-0.15, -0.1) is 0 Å². The molecule has 0 unspecified atom stereocenters. The largest absolute Gasteiger partial charge is 0.294 e. The van der Waals surface area contributed by atoms with Gasteiger partial charge in [-0.3, -0.25) is 14.9 Å². The summed E-state index contributed by atoms with van der Waals surface area (Å²) in [6.45, 7) is 1.15. The number of carbonyl (C=O) groups excluding carboxylic acids is 1. The van der Waals surface area contributed by atoms with Gasteiger partial charge in [-0.05, 0) is 13.0 Å². The van der Waals surface area contributed by atoms with E-state index in [9.17, 15) is 19.3 Å². The van der Waals surface area contributed by atoms with Crippen LogP contribution in [0.1, 0.15) is 17.3 Å². The van der Waals surface area contributed by atoms with Gasteiger partial charge in [0.25, 0.3) is 5.69 Å². The van der Waals surface area contributed by atoms with Crippen molar-refractivity contribution in [2.45, 2.75) is 6.92 Å². The molecule has 0 saturated carbocycles. The van der Waals surface area contributed by atoms with E-state index in [-0.39, 0.29) is 10.6 Å². The molecule has 6 heteroatoms. The Bertz CT molecular complexity index is 380. The van der Waals surface area contributed by atoms with Crippen LogP contribution in [-0.4, -0.2) is 10.7 Å². The quantitative estimate of drug-likeness (QED) is 0.435. The van der Waals surface area contributed by atoms with E-state index in [0.29, 0.717) is 6.07 Å². The van der Waals surface area contributed by atoms with E-state index in [0.717, 1.165) is 13.0 Å². The number of carbonyl (C=O) groups is 1. The van der Waals surface area contributed by atoms with E-state index < -0.39 is 22.2 Å². The van der Waals surface area contributed by atoms with Crippen LogP contribution in [-0.2, 0) is 0 Å². The first-order valence-electron chi connectivity index (χ1n) is 3.58. The predicted octanol–water partition coefficient (Wildman–Crippen LogP) is 2.59. The molecular formula is C8H5ClFNO3. The standard InChI is InChI=1S/C8H5ClFNO3/c1-4(12)5-2-6(9)8(11(13)14)3-7(5)10/h2-3H,1H3. The second-order valence-corrected chi connectivity index (χ2v) is 3.00. The van der Waals surface area contributed by atoms with Crippen molar-refractivity contribution in [2.75, 3.05) is 0 Å². The Morgan fingerprint density at radius 1 is 1.57 bits per heavy atom. The average molecular weight is 218 g/mol. The lowest BCUT2D eigenvalue weighted by Crippen LogP contribution is -1.99. The Balaban J connectivity index is 3.38. The molecule has 0 aliphatic heterocycles. The van der Waals surface area contributed by atoms with Gasteiger partial charge in [0.15, 0.2) is 5.78 Å². The second-order valence-electron chi connectivity index (χ2n) is 2.60. The van der Waals surface area contributed by atoms with Crippen molar-refractivity contribution in [2.24, 2.45) is 0 Å². The third kappa shape index (κ3) is 1.88. The fraction of sp³-hybridized carbons (Fsp3) is 0.125. The number of benzene rings is 1. The van der Waals surface area contributed by atoms with E-state index in [1.165, 1.54) is 0 Å². The van der Waals surface area contributed by atoms with Crippen LogP contribution in [0.2, 0.25) is 5.02 Å². The van der Waals surface area contributed by atoms with E-state index >= 15 is 0 Å². The molecule has 1 rings (SSSR count). The summed E-state index contributed by atoms with van der Waals surface area (Å²) in [6.07, 6.45) is 0. The number of nitro benzene ring substituents is 1. The molecule has 0 fully saturated rings. The molecule has 0 saturated heterocycles. The Kier molecular flexibility index (Phi) is 2.81. The molecule has 0 N–H and O–H groups in total. The Hall–Kier alpha value is -1.49. The molecular weight excluding hydrogens is 213 g/mol. The van der Waals surface area contributed by atoms with Crippen molar-refractivity contribution in [3.05, 3.63) is 38.7 Å². The van der Waals surface area contributed by atoms with Gasteiger partial charge >= 0.3 is 0 Å². The average Bonchev–Trinajstić information content (AvgIpc) is 2.07. The van der Waals surface area contributed by atoms with Gasteiger partial charge in [0.2, 0.25) is 0 Å². The summed E-state index contributed by atoms with van der Waals surface area (Å²) in [6, 6.07) is 1.59. The van der Waals surface area contributed by atoms with Gasteiger partial charge in [0.05, 0.1) is 16.6 Å². The van der Waals surface area contributed by atoms with E-state index in [4.69, 9.17) is 11.6 Å². The molecule has 1 aromatic rings. The molecule has 74 valence electrons. The van der Waals surface area contributed by atoms with Crippen molar-refractivity contribution in [3.8, 4) is 0 Å². The molecule has 0 heterocycles. The summed E-state index contributed by atoms with van der Waals surface area (Å²) in [7, 11) is 0. The van der Waals surface area contributed by atoms with Crippen LogP contribution < -0.4 is 0 Å². The zero-order chi connectivity index (χ0) is 10.9. The highest BCUT2D eigenvalue weighted by molar-refractivity contribution is 6.33. The first-order valence-corrected chi connectivity index (χ1v) is 3.95. The molecule has 14 heavy (non-hydrogen) atoms. The summed E-state index contributed by atoms with van der Waals surface area (Å²) in [4.78, 5) is 20.3. The van der Waals surface area contributed by atoms with Gasteiger partial charge in [-0.2, -0.15) is 0 Å². The first-order chi connectivity index (χ1) is 6.43. The number of hydrogen-bond donors (Lipinski definition) is 0. The van der Waals surface area contributed by atoms with Crippen molar-refractivity contribution in [3.63, 3.8) is 0 Å². The number of nitro groups is 1. The highest BCUT2D eigenvalue weighted by atomic mass is 35.5. The monoisotopic (exact) mass is 217 g/mol. The molecule has 0 spiro atoms. The van der Waals surface area contributed by atoms with E-state index in [1.54, 1.807) is 0 Å².